The van der Waals surface area contributed by atoms with E-state index in [2.05, 4.69) is 19.2 Å². The van der Waals surface area contributed by atoms with Crippen molar-refractivity contribution in [2.75, 3.05) is 20.3 Å². The van der Waals surface area contributed by atoms with Crippen LogP contribution in [0.1, 0.15) is 34.6 Å². The van der Waals surface area contributed by atoms with Crippen molar-refractivity contribution in [3.63, 3.8) is 0 Å². The van der Waals surface area contributed by atoms with Crippen LogP contribution in [-0.2, 0) is 4.74 Å². The standard InChI is InChI=1S/C11H25NO2/c1-9(2)11(5,13)7-12-10(3,4)8-14-6/h9,12-13H,7-8H2,1-6H3. The van der Waals surface area contributed by atoms with E-state index < -0.39 is 5.60 Å². The summed E-state index contributed by atoms with van der Waals surface area (Å²) < 4.78 is 5.09. The highest BCUT2D eigenvalue weighted by atomic mass is 16.5. The summed E-state index contributed by atoms with van der Waals surface area (Å²) in [5.74, 6) is 0.244. The van der Waals surface area contributed by atoms with Crippen LogP contribution in [0, 0.1) is 5.92 Å². The van der Waals surface area contributed by atoms with Crippen LogP contribution in [0.4, 0.5) is 0 Å². The van der Waals surface area contributed by atoms with Gasteiger partial charge in [0.15, 0.2) is 0 Å². The van der Waals surface area contributed by atoms with E-state index in [9.17, 15) is 5.11 Å². The smallest absolute Gasteiger partial charge is 0.0766 e. The van der Waals surface area contributed by atoms with E-state index in [4.69, 9.17) is 4.74 Å². The summed E-state index contributed by atoms with van der Waals surface area (Å²) in [7, 11) is 1.68. The van der Waals surface area contributed by atoms with E-state index in [1.54, 1.807) is 7.11 Å². The Balaban J connectivity index is 4.04. The molecule has 2 N–H and O–H groups in total. The largest absolute Gasteiger partial charge is 0.389 e. The number of ether oxygens (including phenoxy) is 1. The number of β-amino-alcohol motifs (C(OH)–C–C–N with tert-alkyl or cyclic N) is 1. The van der Waals surface area contributed by atoms with Crippen molar-refractivity contribution in [1.29, 1.82) is 0 Å². The first-order valence-corrected chi connectivity index (χ1v) is 5.17. The van der Waals surface area contributed by atoms with Gasteiger partial charge in [0, 0.05) is 19.2 Å². The van der Waals surface area contributed by atoms with Gasteiger partial charge in [0.2, 0.25) is 0 Å². The van der Waals surface area contributed by atoms with E-state index in [1.165, 1.54) is 0 Å². The average Bonchev–Trinajstić information content (AvgIpc) is 2.01. The van der Waals surface area contributed by atoms with Crippen LogP contribution in [0.15, 0.2) is 0 Å². The van der Waals surface area contributed by atoms with Crippen molar-refractivity contribution >= 4 is 0 Å². The van der Waals surface area contributed by atoms with Crippen LogP contribution >= 0.6 is 0 Å². The molecule has 1 unspecified atom stereocenters. The van der Waals surface area contributed by atoms with Gasteiger partial charge < -0.3 is 15.2 Å². The summed E-state index contributed by atoms with van der Waals surface area (Å²) >= 11 is 0. The third kappa shape index (κ3) is 4.94. The summed E-state index contributed by atoms with van der Waals surface area (Å²) in [5, 5.41) is 13.3. The molecule has 0 aromatic carbocycles. The Hall–Kier alpha value is -0.120. The van der Waals surface area contributed by atoms with Crippen molar-refractivity contribution < 1.29 is 9.84 Å². The monoisotopic (exact) mass is 203 g/mol. The van der Waals surface area contributed by atoms with Gasteiger partial charge in [-0.05, 0) is 26.7 Å². The molecule has 0 aliphatic heterocycles. The minimum Gasteiger partial charge on any atom is -0.389 e. The van der Waals surface area contributed by atoms with Crippen molar-refractivity contribution in [3.05, 3.63) is 0 Å². The van der Waals surface area contributed by atoms with Gasteiger partial charge in [0.25, 0.3) is 0 Å². The van der Waals surface area contributed by atoms with Gasteiger partial charge in [-0.1, -0.05) is 13.8 Å². The molecule has 0 rings (SSSR count). The highest BCUT2D eigenvalue weighted by molar-refractivity contribution is 4.85. The lowest BCUT2D eigenvalue weighted by Crippen LogP contribution is -2.52. The molecule has 0 saturated carbocycles. The fourth-order valence-corrected chi connectivity index (χ4v) is 1.03. The van der Waals surface area contributed by atoms with Crippen molar-refractivity contribution in [2.45, 2.75) is 45.8 Å². The van der Waals surface area contributed by atoms with E-state index in [-0.39, 0.29) is 11.5 Å². The molecule has 0 aliphatic rings. The zero-order valence-electron chi connectivity index (χ0n) is 10.3. The molecule has 3 heteroatoms. The number of hydrogen-bond acceptors (Lipinski definition) is 3. The Labute approximate surface area is 87.8 Å². The highest BCUT2D eigenvalue weighted by Gasteiger charge is 2.27. The topological polar surface area (TPSA) is 41.5 Å². The van der Waals surface area contributed by atoms with Crippen LogP contribution in [0.3, 0.4) is 0 Å². The van der Waals surface area contributed by atoms with Gasteiger partial charge in [-0.15, -0.1) is 0 Å². The molecule has 0 aromatic heterocycles. The summed E-state index contributed by atoms with van der Waals surface area (Å²) in [6.45, 7) is 11.2. The maximum absolute atomic E-state index is 10.0. The third-order valence-electron chi connectivity index (χ3n) is 2.67. The molecule has 0 fully saturated rings. The lowest BCUT2D eigenvalue weighted by Gasteiger charge is -2.33. The quantitative estimate of drug-likeness (QED) is 0.686. The van der Waals surface area contributed by atoms with E-state index in [0.29, 0.717) is 13.2 Å². The lowest BCUT2D eigenvalue weighted by atomic mass is 9.91. The van der Waals surface area contributed by atoms with Crippen molar-refractivity contribution in [3.8, 4) is 0 Å². The minimum absolute atomic E-state index is 0.0897. The Kier molecular flexibility index (Phi) is 5.06. The van der Waals surface area contributed by atoms with Gasteiger partial charge >= 0.3 is 0 Å². The summed E-state index contributed by atoms with van der Waals surface area (Å²) in [5.41, 5.74) is -0.751. The predicted molar refractivity (Wildman–Crippen MR) is 59.4 cm³/mol. The lowest BCUT2D eigenvalue weighted by molar-refractivity contribution is 0.00300. The zero-order chi connectivity index (χ0) is 11.4. The fourth-order valence-electron chi connectivity index (χ4n) is 1.03. The number of rotatable bonds is 6. The molecular weight excluding hydrogens is 178 g/mol. The Morgan fingerprint density at radius 3 is 2.14 bits per heavy atom. The van der Waals surface area contributed by atoms with Crippen LogP contribution < -0.4 is 5.32 Å². The number of aliphatic hydroxyl groups is 1. The van der Waals surface area contributed by atoms with Gasteiger partial charge in [-0.3, -0.25) is 0 Å². The fraction of sp³-hybridized carbons (Fsp3) is 1.00. The van der Waals surface area contributed by atoms with Gasteiger partial charge in [0.05, 0.1) is 12.2 Å². The maximum atomic E-state index is 10.0. The molecule has 1 atom stereocenters. The molecule has 0 bridgehead atoms. The summed E-state index contributed by atoms with van der Waals surface area (Å²) in [4.78, 5) is 0. The van der Waals surface area contributed by atoms with Gasteiger partial charge in [-0.25, -0.2) is 0 Å². The molecule has 0 spiro atoms. The predicted octanol–water partition coefficient (Wildman–Crippen LogP) is 1.41. The molecule has 0 radical (unpaired) electrons. The maximum Gasteiger partial charge on any atom is 0.0766 e. The molecule has 14 heavy (non-hydrogen) atoms. The molecule has 0 heterocycles. The first-order valence-electron chi connectivity index (χ1n) is 5.17. The second-order valence-electron chi connectivity index (χ2n) is 5.18. The third-order valence-corrected chi connectivity index (χ3v) is 2.67. The number of nitrogens with one attached hydrogen (secondary N) is 1. The van der Waals surface area contributed by atoms with Crippen LogP contribution in [0.5, 0.6) is 0 Å². The molecular formula is C11H25NO2. The van der Waals surface area contributed by atoms with Crippen LogP contribution in [0.2, 0.25) is 0 Å². The van der Waals surface area contributed by atoms with E-state index in [0.717, 1.165) is 0 Å². The van der Waals surface area contributed by atoms with Crippen molar-refractivity contribution in [2.24, 2.45) is 5.92 Å². The van der Waals surface area contributed by atoms with Crippen LogP contribution in [0.25, 0.3) is 0 Å². The van der Waals surface area contributed by atoms with E-state index >= 15 is 0 Å². The average molecular weight is 203 g/mol. The number of hydrogen-bond donors (Lipinski definition) is 2. The van der Waals surface area contributed by atoms with Gasteiger partial charge in [-0.2, -0.15) is 0 Å². The molecule has 0 aliphatic carbocycles. The Morgan fingerprint density at radius 2 is 1.79 bits per heavy atom. The van der Waals surface area contributed by atoms with Crippen LogP contribution in [-0.4, -0.2) is 36.5 Å². The Morgan fingerprint density at radius 1 is 1.29 bits per heavy atom. The molecule has 0 amide bonds. The summed E-state index contributed by atoms with van der Waals surface area (Å²) in [6, 6.07) is 0. The highest BCUT2D eigenvalue weighted by Crippen LogP contribution is 2.16. The SMILES string of the molecule is COCC(C)(C)NCC(C)(O)C(C)C. The molecule has 86 valence electrons. The van der Waals surface area contributed by atoms with Crippen molar-refractivity contribution in [1.82, 2.24) is 5.32 Å². The van der Waals surface area contributed by atoms with Gasteiger partial charge in [0.1, 0.15) is 0 Å². The first kappa shape index (κ1) is 13.9. The second kappa shape index (κ2) is 5.10. The Bertz CT molecular complexity index is 165. The minimum atomic E-state index is -0.662. The first-order chi connectivity index (χ1) is 6.21. The normalized spacial score (nSPS) is 17.1. The summed E-state index contributed by atoms with van der Waals surface area (Å²) in [6.07, 6.45) is 0. The number of methoxy groups -OCH3 is 1. The molecule has 0 aromatic rings. The zero-order valence-corrected chi connectivity index (χ0v) is 10.3. The molecule has 0 saturated heterocycles. The second-order valence-corrected chi connectivity index (χ2v) is 5.18. The molecule has 3 nitrogen and oxygen atoms in total. The van der Waals surface area contributed by atoms with E-state index in [1.807, 2.05) is 20.8 Å².